The smallest absolute Gasteiger partial charge is 0.313 e. The van der Waals surface area contributed by atoms with Crippen LogP contribution in [-0.4, -0.2) is 18.2 Å². The molecule has 0 radical (unpaired) electrons. The average Bonchev–Trinajstić information content (AvgIpc) is 2.35. The summed E-state index contributed by atoms with van der Waals surface area (Å²) in [5.41, 5.74) is 0.768. The number of carbonyl (C=O) groups excluding carboxylic acids is 1. The van der Waals surface area contributed by atoms with Gasteiger partial charge in [-0.25, -0.2) is 0 Å². The van der Waals surface area contributed by atoms with Gasteiger partial charge in [0.25, 0.3) is 0 Å². The van der Waals surface area contributed by atoms with Crippen molar-refractivity contribution in [2.75, 3.05) is 7.11 Å². The molecule has 4 heteroatoms. The Bertz CT molecular complexity index is 254. The highest BCUT2D eigenvalue weighted by Gasteiger charge is 2.06. The van der Waals surface area contributed by atoms with Crippen molar-refractivity contribution in [1.29, 1.82) is 0 Å². The molecule has 0 aliphatic heterocycles. The summed E-state index contributed by atoms with van der Waals surface area (Å²) in [4.78, 5) is 10.7. The topological polar surface area (TPSA) is 52.3 Å². The van der Waals surface area contributed by atoms with Crippen LogP contribution in [0.1, 0.15) is 11.5 Å². The van der Waals surface area contributed by atoms with E-state index in [1.807, 2.05) is 0 Å². The molecule has 0 aliphatic rings. The summed E-state index contributed by atoms with van der Waals surface area (Å²) in [6.07, 6.45) is 0.150. The van der Waals surface area contributed by atoms with Crippen molar-refractivity contribution in [1.82, 2.24) is 5.16 Å². The minimum Gasteiger partial charge on any atom is -0.469 e. The molecule has 0 saturated carbocycles. The van der Waals surface area contributed by atoms with Gasteiger partial charge >= 0.3 is 5.97 Å². The van der Waals surface area contributed by atoms with Crippen LogP contribution in [-0.2, 0) is 16.0 Å². The number of nitrogens with zero attached hydrogens (tertiary/aromatic N) is 1. The molecule has 1 heterocycles. The van der Waals surface area contributed by atoms with E-state index in [9.17, 15) is 4.79 Å². The van der Waals surface area contributed by atoms with Gasteiger partial charge in [0.05, 0.1) is 12.8 Å². The third-order valence-corrected chi connectivity index (χ3v) is 1.22. The van der Waals surface area contributed by atoms with Gasteiger partial charge < -0.3 is 9.26 Å². The van der Waals surface area contributed by atoms with E-state index in [2.05, 4.69) is 9.89 Å². The zero-order valence-corrected chi connectivity index (χ0v) is 6.46. The number of ether oxygens (including phenoxy) is 1. The molecule has 0 bridgehead atoms. The van der Waals surface area contributed by atoms with Gasteiger partial charge in [-0.15, -0.1) is 0 Å². The Morgan fingerprint density at radius 1 is 1.82 bits per heavy atom. The van der Waals surface area contributed by atoms with Crippen molar-refractivity contribution in [2.24, 2.45) is 0 Å². The molecular formula is C7H9NO3. The molecule has 11 heavy (non-hydrogen) atoms. The maximum absolute atomic E-state index is 10.7. The highest BCUT2D eigenvalue weighted by molar-refractivity contribution is 5.71. The summed E-state index contributed by atoms with van der Waals surface area (Å²) in [5, 5.41) is 3.62. The number of carbonyl (C=O) groups is 1. The largest absolute Gasteiger partial charge is 0.469 e. The average molecular weight is 155 g/mol. The van der Waals surface area contributed by atoms with Crippen molar-refractivity contribution in [3.05, 3.63) is 17.5 Å². The first-order chi connectivity index (χ1) is 5.22. The van der Waals surface area contributed by atoms with Gasteiger partial charge in [-0.2, -0.15) is 0 Å². The van der Waals surface area contributed by atoms with Crippen LogP contribution in [0.2, 0.25) is 0 Å². The molecule has 0 saturated heterocycles. The molecule has 0 atom stereocenters. The molecule has 0 spiro atoms. The quantitative estimate of drug-likeness (QED) is 0.590. The lowest BCUT2D eigenvalue weighted by Gasteiger charge is -1.91. The molecule has 0 unspecified atom stereocenters. The van der Waals surface area contributed by atoms with E-state index >= 15 is 0 Å². The van der Waals surface area contributed by atoms with E-state index in [1.54, 1.807) is 13.0 Å². The molecule has 1 aromatic rings. The summed E-state index contributed by atoms with van der Waals surface area (Å²) in [6.45, 7) is 1.80. The summed E-state index contributed by atoms with van der Waals surface area (Å²) < 4.78 is 9.22. The normalized spacial score (nSPS) is 9.64. The number of aryl methyl sites for hydroxylation is 1. The Morgan fingerprint density at radius 3 is 3.00 bits per heavy atom. The minimum atomic E-state index is -0.318. The highest BCUT2D eigenvalue weighted by atomic mass is 16.5. The van der Waals surface area contributed by atoms with Crippen molar-refractivity contribution in [3.63, 3.8) is 0 Å². The van der Waals surface area contributed by atoms with Gasteiger partial charge in [-0.1, -0.05) is 5.16 Å². The van der Waals surface area contributed by atoms with E-state index in [4.69, 9.17) is 4.52 Å². The van der Waals surface area contributed by atoms with Gasteiger partial charge in [0.15, 0.2) is 0 Å². The Balaban J connectivity index is 2.57. The number of hydrogen-bond donors (Lipinski definition) is 0. The number of hydrogen-bond acceptors (Lipinski definition) is 4. The Labute approximate surface area is 64.1 Å². The Hall–Kier alpha value is -1.32. The second-order valence-electron chi connectivity index (χ2n) is 2.19. The fourth-order valence-electron chi connectivity index (χ4n) is 0.714. The van der Waals surface area contributed by atoms with Crippen LogP contribution in [0.3, 0.4) is 0 Å². The van der Waals surface area contributed by atoms with E-state index in [-0.39, 0.29) is 12.4 Å². The molecule has 60 valence electrons. The first-order valence-electron chi connectivity index (χ1n) is 3.21. The maximum Gasteiger partial charge on any atom is 0.313 e. The lowest BCUT2D eigenvalue weighted by atomic mass is 10.3. The van der Waals surface area contributed by atoms with Crippen molar-refractivity contribution < 1.29 is 14.1 Å². The summed E-state index contributed by atoms with van der Waals surface area (Å²) >= 11 is 0. The van der Waals surface area contributed by atoms with Gasteiger partial charge in [-0.3, -0.25) is 4.79 Å². The molecule has 1 aromatic heterocycles. The van der Waals surface area contributed by atoms with Gasteiger partial charge in [0.1, 0.15) is 12.2 Å². The minimum absolute atomic E-state index is 0.150. The van der Waals surface area contributed by atoms with Crippen LogP contribution in [0.5, 0.6) is 0 Å². The highest BCUT2D eigenvalue weighted by Crippen LogP contribution is 2.02. The van der Waals surface area contributed by atoms with Crippen molar-refractivity contribution in [2.45, 2.75) is 13.3 Å². The maximum atomic E-state index is 10.7. The number of esters is 1. The zero-order chi connectivity index (χ0) is 8.27. The fraction of sp³-hybridized carbons (Fsp3) is 0.429. The van der Waals surface area contributed by atoms with Crippen LogP contribution in [0.25, 0.3) is 0 Å². The Morgan fingerprint density at radius 2 is 2.55 bits per heavy atom. The van der Waals surface area contributed by atoms with Gasteiger partial charge in [0.2, 0.25) is 0 Å². The monoisotopic (exact) mass is 155 g/mol. The van der Waals surface area contributed by atoms with Crippen LogP contribution in [0, 0.1) is 6.92 Å². The van der Waals surface area contributed by atoms with E-state index in [1.165, 1.54) is 7.11 Å². The van der Waals surface area contributed by atoms with Crippen molar-refractivity contribution >= 4 is 5.97 Å². The molecule has 0 aliphatic carbocycles. The predicted molar refractivity (Wildman–Crippen MR) is 37.0 cm³/mol. The third kappa shape index (κ3) is 2.07. The first-order valence-corrected chi connectivity index (χ1v) is 3.21. The van der Waals surface area contributed by atoms with E-state index in [0.717, 1.165) is 5.69 Å². The predicted octanol–water partition coefficient (Wildman–Crippen LogP) is 0.699. The molecule has 0 fully saturated rings. The third-order valence-electron chi connectivity index (χ3n) is 1.22. The summed E-state index contributed by atoms with van der Waals surface area (Å²) in [6, 6.07) is 1.71. The fourth-order valence-corrected chi connectivity index (χ4v) is 0.714. The van der Waals surface area contributed by atoms with Gasteiger partial charge in [0, 0.05) is 6.07 Å². The number of rotatable bonds is 2. The molecule has 0 aromatic carbocycles. The lowest BCUT2D eigenvalue weighted by Crippen LogP contribution is -2.03. The zero-order valence-electron chi connectivity index (χ0n) is 6.46. The van der Waals surface area contributed by atoms with Crippen LogP contribution in [0.15, 0.2) is 10.6 Å². The molecule has 4 nitrogen and oxygen atoms in total. The summed E-state index contributed by atoms with van der Waals surface area (Å²) in [7, 11) is 1.34. The standard InChI is InChI=1S/C7H9NO3/c1-5-3-6(11-8-5)4-7(9)10-2/h3H,4H2,1-2H3. The SMILES string of the molecule is COC(=O)Cc1cc(C)no1. The first kappa shape index (κ1) is 7.78. The summed E-state index contributed by atoms with van der Waals surface area (Å²) in [5.74, 6) is 0.218. The van der Waals surface area contributed by atoms with E-state index < -0.39 is 0 Å². The Kier molecular flexibility index (Phi) is 2.25. The lowest BCUT2D eigenvalue weighted by molar-refractivity contribution is -0.140. The van der Waals surface area contributed by atoms with E-state index in [0.29, 0.717) is 5.76 Å². The molecular weight excluding hydrogens is 146 g/mol. The van der Waals surface area contributed by atoms with Crippen LogP contribution >= 0.6 is 0 Å². The molecule has 0 amide bonds. The second kappa shape index (κ2) is 3.18. The second-order valence-corrected chi connectivity index (χ2v) is 2.19. The molecule has 0 N–H and O–H groups in total. The number of aromatic nitrogens is 1. The van der Waals surface area contributed by atoms with Crippen molar-refractivity contribution in [3.8, 4) is 0 Å². The van der Waals surface area contributed by atoms with Gasteiger partial charge in [-0.05, 0) is 6.92 Å². The van der Waals surface area contributed by atoms with Crippen LogP contribution in [0.4, 0.5) is 0 Å². The number of methoxy groups -OCH3 is 1. The molecule has 1 rings (SSSR count). The van der Waals surface area contributed by atoms with Crippen LogP contribution < -0.4 is 0 Å².